The number of piperidine rings is 1. The molecule has 8 nitrogen and oxygen atoms in total. The number of ether oxygens (including phenoxy) is 6. The molecule has 0 aromatic heterocycles. The number of hydrogen-bond donors (Lipinski definition) is 1. The van der Waals surface area contributed by atoms with Gasteiger partial charge in [-0.15, -0.1) is 0 Å². The molecule has 1 saturated heterocycles. The number of ketones is 1. The molecule has 1 aliphatic heterocycles. The Hall–Kier alpha value is -3.13. The monoisotopic (exact) mass is 485 g/mol. The van der Waals surface area contributed by atoms with E-state index in [0.717, 1.165) is 24.0 Å². The van der Waals surface area contributed by atoms with E-state index >= 15 is 0 Å². The Morgan fingerprint density at radius 1 is 0.629 bits per heavy atom. The van der Waals surface area contributed by atoms with Crippen molar-refractivity contribution in [2.45, 2.75) is 31.8 Å². The highest BCUT2D eigenvalue weighted by molar-refractivity contribution is 5.87. The molecule has 2 aromatic carbocycles. The third-order valence-electron chi connectivity index (χ3n) is 7.30. The standard InChI is InChI=1S/C27H35NO7/c1-14-8-17-23(15-10-19(30-2)26(34-6)20(11-15)31-3)28-24(18(9-14)25(17)29)16-12-21(32-4)27(35-7)22(13-16)33-5/h10-14,17-18,23-24,28H,8-9H2,1-7H3. The number of benzene rings is 2. The summed E-state index contributed by atoms with van der Waals surface area (Å²) in [4.78, 5) is 13.8. The normalized spacial score (nSPS) is 25.6. The number of hydrogen-bond acceptors (Lipinski definition) is 8. The van der Waals surface area contributed by atoms with Gasteiger partial charge in [-0.05, 0) is 54.2 Å². The molecule has 4 unspecified atom stereocenters. The Labute approximate surface area is 206 Å². The molecule has 0 radical (unpaired) electrons. The first-order valence-electron chi connectivity index (χ1n) is 11.8. The van der Waals surface area contributed by atoms with Gasteiger partial charge < -0.3 is 33.7 Å². The van der Waals surface area contributed by atoms with Crippen LogP contribution < -0.4 is 33.7 Å². The van der Waals surface area contributed by atoms with Gasteiger partial charge in [0.25, 0.3) is 0 Å². The van der Waals surface area contributed by atoms with Crippen LogP contribution in [0.3, 0.4) is 0 Å². The smallest absolute Gasteiger partial charge is 0.203 e. The maximum absolute atomic E-state index is 13.8. The first kappa shape index (κ1) is 25.0. The largest absolute Gasteiger partial charge is 0.493 e. The third kappa shape index (κ3) is 4.35. The zero-order chi connectivity index (χ0) is 25.3. The highest BCUT2D eigenvalue weighted by Crippen LogP contribution is 2.51. The van der Waals surface area contributed by atoms with Gasteiger partial charge in [-0.1, -0.05) is 6.92 Å². The average molecular weight is 486 g/mol. The van der Waals surface area contributed by atoms with Crippen LogP contribution in [0.5, 0.6) is 34.5 Å². The molecule has 1 heterocycles. The molecule has 8 heteroatoms. The van der Waals surface area contributed by atoms with Gasteiger partial charge in [0, 0.05) is 23.9 Å². The van der Waals surface area contributed by atoms with Crippen molar-refractivity contribution in [1.82, 2.24) is 5.32 Å². The highest BCUT2D eigenvalue weighted by Gasteiger charge is 2.49. The molecule has 4 atom stereocenters. The predicted molar refractivity (Wildman–Crippen MR) is 131 cm³/mol. The van der Waals surface area contributed by atoms with E-state index in [0.29, 0.717) is 40.4 Å². The summed E-state index contributed by atoms with van der Waals surface area (Å²) in [5.74, 6) is 3.69. The number of rotatable bonds is 8. The van der Waals surface area contributed by atoms with Crippen molar-refractivity contribution in [2.75, 3.05) is 42.7 Å². The van der Waals surface area contributed by atoms with E-state index in [4.69, 9.17) is 28.4 Å². The number of carbonyl (C=O) groups is 1. The lowest BCUT2D eigenvalue weighted by atomic mass is 9.64. The number of methoxy groups -OCH3 is 6. The van der Waals surface area contributed by atoms with Gasteiger partial charge in [0.1, 0.15) is 5.78 Å². The molecule has 0 spiro atoms. The molecule has 1 aliphatic carbocycles. The van der Waals surface area contributed by atoms with Gasteiger partial charge in [0.15, 0.2) is 23.0 Å². The average Bonchev–Trinajstić information content (AvgIpc) is 2.87. The van der Waals surface area contributed by atoms with E-state index < -0.39 is 0 Å². The number of nitrogens with one attached hydrogen (secondary N) is 1. The van der Waals surface area contributed by atoms with E-state index in [1.54, 1.807) is 42.7 Å². The number of Topliss-reactive ketones (excluding diaryl/α,β-unsaturated/α-hetero) is 1. The second-order valence-corrected chi connectivity index (χ2v) is 9.23. The van der Waals surface area contributed by atoms with Crippen LogP contribution in [0.25, 0.3) is 0 Å². The zero-order valence-electron chi connectivity index (χ0n) is 21.5. The van der Waals surface area contributed by atoms with Crippen molar-refractivity contribution < 1.29 is 33.2 Å². The predicted octanol–water partition coefficient (Wildman–Crippen LogP) is 4.36. The van der Waals surface area contributed by atoms with Gasteiger partial charge in [-0.3, -0.25) is 4.79 Å². The summed E-state index contributed by atoms with van der Waals surface area (Å²) in [5, 5.41) is 3.79. The minimum Gasteiger partial charge on any atom is -0.493 e. The topological polar surface area (TPSA) is 84.5 Å². The Morgan fingerprint density at radius 3 is 1.26 bits per heavy atom. The number of carbonyl (C=O) groups excluding carboxylic acids is 1. The molecule has 2 aliphatic rings. The van der Waals surface area contributed by atoms with Crippen molar-refractivity contribution in [3.05, 3.63) is 35.4 Å². The molecule has 2 fully saturated rings. The summed E-state index contributed by atoms with van der Waals surface area (Å²) in [5.41, 5.74) is 1.84. The summed E-state index contributed by atoms with van der Waals surface area (Å²) >= 11 is 0. The maximum Gasteiger partial charge on any atom is 0.203 e. The van der Waals surface area contributed by atoms with Crippen LogP contribution in [-0.2, 0) is 4.79 Å². The van der Waals surface area contributed by atoms with Crippen LogP contribution in [0.15, 0.2) is 24.3 Å². The lowest BCUT2D eigenvalue weighted by Crippen LogP contribution is -2.52. The van der Waals surface area contributed by atoms with Gasteiger partial charge in [0.05, 0.1) is 42.7 Å². The Bertz CT molecular complexity index is 954. The fourth-order valence-electron chi connectivity index (χ4n) is 5.72. The first-order chi connectivity index (χ1) is 16.9. The lowest BCUT2D eigenvalue weighted by Gasteiger charge is -2.47. The summed E-state index contributed by atoms with van der Waals surface area (Å²) in [6, 6.07) is 7.27. The van der Waals surface area contributed by atoms with Gasteiger partial charge >= 0.3 is 0 Å². The molecule has 4 rings (SSSR count). The van der Waals surface area contributed by atoms with Crippen LogP contribution in [0.4, 0.5) is 0 Å². The summed E-state index contributed by atoms with van der Waals surface area (Å²) < 4.78 is 33.4. The zero-order valence-corrected chi connectivity index (χ0v) is 21.5. The molecular weight excluding hydrogens is 450 g/mol. The molecule has 35 heavy (non-hydrogen) atoms. The van der Waals surface area contributed by atoms with E-state index in [1.165, 1.54) is 0 Å². The number of fused-ring (bicyclic) bond motifs is 2. The fraction of sp³-hybridized carbons (Fsp3) is 0.519. The van der Waals surface area contributed by atoms with E-state index in [9.17, 15) is 4.79 Å². The van der Waals surface area contributed by atoms with Gasteiger partial charge in [-0.2, -0.15) is 0 Å². The molecule has 0 amide bonds. The summed E-state index contributed by atoms with van der Waals surface area (Å²) in [6.45, 7) is 2.22. The second-order valence-electron chi connectivity index (χ2n) is 9.23. The van der Waals surface area contributed by atoms with Crippen LogP contribution in [0.1, 0.15) is 43.0 Å². The van der Waals surface area contributed by atoms with Gasteiger partial charge in [0.2, 0.25) is 11.5 Å². The lowest BCUT2D eigenvalue weighted by molar-refractivity contribution is -0.137. The third-order valence-corrected chi connectivity index (χ3v) is 7.30. The molecular formula is C27H35NO7. The van der Waals surface area contributed by atoms with E-state index in [1.807, 2.05) is 24.3 Å². The maximum atomic E-state index is 13.8. The Kier molecular flexibility index (Phi) is 7.31. The quantitative estimate of drug-likeness (QED) is 0.591. The van der Waals surface area contributed by atoms with Crippen LogP contribution in [0, 0.1) is 17.8 Å². The molecule has 2 bridgehead atoms. The summed E-state index contributed by atoms with van der Waals surface area (Å²) in [6.07, 6.45) is 1.65. The molecule has 1 saturated carbocycles. The molecule has 1 N–H and O–H groups in total. The van der Waals surface area contributed by atoms with Gasteiger partial charge in [-0.25, -0.2) is 0 Å². The molecule has 2 aromatic rings. The SMILES string of the molecule is COc1cc(C2NC(c3cc(OC)c(OC)c(OC)c3)C3CC(C)CC2C3=O)cc(OC)c1OC. The van der Waals surface area contributed by atoms with Crippen LogP contribution in [-0.4, -0.2) is 48.4 Å². The van der Waals surface area contributed by atoms with Crippen LogP contribution in [0.2, 0.25) is 0 Å². The Morgan fingerprint density at radius 2 is 0.971 bits per heavy atom. The van der Waals surface area contributed by atoms with Crippen molar-refractivity contribution in [2.24, 2.45) is 17.8 Å². The van der Waals surface area contributed by atoms with Crippen molar-refractivity contribution in [3.8, 4) is 34.5 Å². The van der Waals surface area contributed by atoms with E-state index in [-0.39, 0.29) is 29.7 Å². The minimum atomic E-state index is -0.223. The fourth-order valence-corrected chi connectivity index (χ4v) is 5.72. The van der Waals surface area contributed by atoms with Crippen molar-refractivity contribution in [3.63, 3.8) is 0 Å². The highest BCUT2D eigenvalue weighted by atomic mass is 16.5. The molecule has 190 valence electrons. The van der Waals surface area contributed by atoms with Crippen molar-refractivity contribution >= 4 is 5.78 Å². The van der Waals surface area contributed by atoms with Crippen LogP contribution >= 0.6 is 0 Å². The van der Waals surface area contributed by atoms with E-state index in [2.05, 4.69) is 12.2 Å². The first-order valence-corrected chi connectivity index (χ1v) is 11.8. The minimum absolute atomic E-state index is 0.148. The second kappa shape index (κ2) is 10.2. The Balaban J connectivity index is 1.83. The summed E-state index contributed by atoms with van der Waals surface area (Å²) in [7, 11) is 9.54. The van der Waals surface area contributed by atoms with Crippen molar-refractivity contribution in [1.29, 1.82) is 0 Å².